The summed E-state index contributed by atoms with van der Waals surface area (Å²) in [6, 6.07) is 6.80. The number of nitrogens with two attached hydrogens (primary N) is 1. The van der Waals surface area contributed by atoms with Crippen molar-refractivity contribution in [3.05, 3.63) is 45.2 Å². The Hall–Kier alpha value is -1.64. The summed E-state index contributed by atoms with van der Waals surface area (Å²) in [6.45, 7) is 1.87. The minimum Gasteiger partial charge on any atom is -0.326 e. The molecule has 0 aliphatic heterocycles. The highest BCUT2D eigenvalue weighted by Crippen LogP contribution is 2.20. The number of H-pyrrole nitrogens is 1. The molecule has 0 saturated heterocycles. The summed E-state index contributed by atoms with van der Waals surface area (Å²) < 4.78 is 26.7. The van der Waals surface area contributed by atoms with E-state index in [1.807, 2.05) is 0 Å². The molecule has 0 atom stereocenters. The number of hydrogen-bond acceptors (Lipinski definition) is 5. The first kappa shape index (κ1) is 13.8. The van der Waals surface area contributed by atoms with Gasteiger partial charge < -0.3 is 10.7 Å². The van der Waals surface area contributed by atoms with E-state index in [4.69, 9.17) is 5.73 Å². The number of nitrogens with one attached hydrogen (secondary N) is 2. The molecule has 102 valence electrons. The Balaban J connectivity index is 2.36. The van der Waals surface area contributed by atoms with Crippen molar-refractivity contribution in [2.24, 2.45) is 5.73 Å². The normalized spacial score (nSPS) is 11.5. The summed E-state index contributed by atoms with van der Waals surface area (Å²) in [5, 5.41) is 0. The fourth-order valence-electron chi connectivity index (χ4n) is 1.61. The van der Waals surface area contributed by atoms with Gasteiger partial charge in [0.25, 0.3) is 10.0 Å². The first-order valence-electron chi connectivity index (χ1n) is 5.44. The molecular weight excluding hydrogens is 286 g/mol. The lowest BCUT2D eigenvalue weighted by Gasteiger charge is -2.07. The van der Waals surface area contributed by atoms with Gasteiger partial charge in [0.15, 0.2) is 4.21 Å². The topological polar surface area (TPSA) is 105 Å². The van der Waals surface area contributed by atoms with E-state index in [1.54, 1.807) is 31.2 Å². The number of aryl methyl sites for hydroxylation is 1. The zero-order valence-corrected chi connectivity index (χ0v) is 11.8. The maximum atomic E-state index is 12.1. The molecule has 0 radical (unpaired) electrons. The average Bonchev–Trinajstić information content (AvgIpc) is 2.69. The van der Waals surface area contributed by atoms with Crippen molar-refractivity contribution in [1.82, 2.24) is 4.98 Å². The number of thiazole rings is 1. The molecule has 0 amide bonds. The fourth-order valence-corrected chi connectivity index (χ4v) is 3.96. The fraction of sp³-hybridized carbons (Fsp3) is 0.182. The van der Waals surface area contributed by atoms with E-state index in [1.165, 1.54) is 0 Å². The van der Waals surface area contributed by atoms with Gasteiger partial charge >= 0.3 is 4.87 Å². The molecule has 2 rings (SSSR count). The predicted molar refractivity (Wildman–Crippen MR) is 74.8 cm³/mol. The van der Waals surface area contributed by atoms with Gasteiger partial charge in [0.05, 0.1) is 0 Å². The number of aromatic amines is 1. The lowest BCUT2D eigenvalue weighted by atomic mass is 10.2. The summed E-state index contributed by atoms with van der Waals surface area (Å²) >= 11 is 0.664. The molecule has 6 nitrogen and oxygen atoms in total. The van der Waals surface area contributed by atoms with Crippen LogP contribution in [0.4, 0.5) is 5.69 Å². The van der Waals surface area contributed by atoms with Gasteiger partial charge in [-0.2, -0.15) is 0 Å². The van der Waals surface area contributed by atoms with Crippen molar-refractivity contribution in [3.8, 4) is 0 Å². The smallest absolute Gasteiger partial charge is 0.306 e. The molecule has 19 heavy (non-hydrogen) atoms. The second kappa shape index (κ2) is 5.16. The number of hydrogen-bond donors (Lipinski definition) is 3. The standard InChI is InChI=1S/C11H13N3O3S2/c1-7-10(18-11(15)13-7)19(16,17)14-9-4-2-3-8(5-9)6-12/h2-5,14H,6,12H2,1H3,(H,13,15). The maximum absolute atomic E-state index is 12.1. The van der Waals surface area contributed by atoms with E-state index in [0.717, 1.165) is 5.56 Å². The average molecular weight is 299 g/mol. The molecular formula is C11H13N3O3S2. The van der Waals surface area contributed by atoms with E-state index < -0.39 is 14.9 Å². The maximum Gasteiger partial charge on any atom is 0.306 e. The van der Waals surface area contributed by atoms with Crippen LogP contribution >= 0.6 is 11.3 Å². The number of sulfonamides is 1. The Morgan fingerprint density at radius 2 is 2.16 bits per heavy atom. The van der Waals surface area contributed by atoms with Gasteiger partial charge in [0.1, 0.15) is 0 Å². The summed E-state index contributed by atoms with van der Waals surface area (Å²) in [6.07, 6.45) is 0. The molecule has 4 N–H and O–H groups in total. The van der Waals surface area contributed by atoms with Crippen molar-refractivity contribution in [2.45, 2.75) is 17.7 Å². The minimum absolute atomic E-state index is 0.00403. The van der Waals surface area contributed by atoms with Crippen LogP contribution in [0, 0.1) is 6.92 Å². The first-order chi connectivity index (χ1) is 8.92. The molecule has 1 aromatic carbocycles. The Morgan fingerprint density at radius 3 is 2.74 bits per heavy atom. The van der Waals surface area contributed by atoms with Gasteiger partial charge in [0, 0.05) is 17.9 Å². The van der Waals surface area contributed by atoms with Crippen molar-refractivity contribution in [3.63, 3.8) is 0 Å². The van der Waals surface area contributed by atoms with Crippen molar-refractivity contribution in [1.29, 1.82) is 0 Å². The number of anilines is 1. The van der Waals surface area contributed by atoms with Gasteiger partial charge in [0.2, 0.25) is 0 Å². The summed E-state index contributed by atoms with van der Waals surface area (Å²) in [7, 11) is -3.75. The van der Waals surface area contributed by atoms with Crippen LogP contribution < -0.4 is 15.3 Å². The molecule has 1 aromatic heterocycles. The first-order valence-corrected chi connectivity index (χ1v) is 7.74. The van der Waals surface area contributed by atoms with Gasteiger partial charge in [-0.15, -0.1) is 0 Å². The van der Waals surface area contributed by atoms with Crippen LogP contribution in [0.1, 0.15) is 11.3 Å². The molecule has 2 aromatic rings. The van der Waals surface area contributed by atoms with Gasteiger partial charge in [-0.1, -0.05) is 23.5 Å². The summed E-state index contributed by atoms with van der Waals surface area (Å²) in [4.78, 5) is 13.2. The Bertz CT molecular complexity index is 747. The van der Waals surface area contributed by atoms with Gasteiger partial charge in [-0.05, 0) is 24.6 Å². The lowest BCUT2D eigenvalue weighted by molar-refractivity contribution is 0.602. The highest BCUT2D eigenvalue weighted by Gasteiger charge is 2.20. The number of rotatable bonds is 4. The Morgan fingerprint density at radius 1 is 1.42 bits per heavy atom. The number of aromatic nitrogens is 1. The zero-order valence-electron chi connectivity index (χ0n) is 10.1. The molecule has 1 heterocycles. The molecule has 0 unspecified atom stereocenters. The highest BCUT2D eigenvalue weighted by atomic mass is 32.2. The molecule has 8 heteroatoms. The van der Waals surface area contributed by atoms with Crippen molar-refractivity contribution in [2.75, 3.05) is 4.72 Å². The van der Waals surface area contributed by atoms with Crippen LogP contribution in [0.15, 0.2) is 33.3 Å². The second-order valence-electron chi connectivity index (χ2n) is 3.94. The molecule has 0 fully saturated rings. The summed E-state index contributed by atoms with van der Waals surface area (Å²) in [5.74, 6) is 0. The third kappa shape index (κ3) is 3.03. The van der Waals surface area contributed by atoms with E-state index in [2.05, 4.69) is 9.71 Å². The quantitative estimate of drug-likeness (QED) is 0.783. The molecule has 0 saturated carbocycles. The highest BCUT2D eigenvalue weighted by molar-refractivity contribution is 7.94. The molecule has 0 spiro atoms. The Labute approximate surface area is 114 Å². The van der Waals surface area contributed by atoms with E-state index in [0.29, 0.717) is 29.3 Å². The zero-order chi connectivity index (χ0) is 14.0. The van der Waals surface area contributed by atoms with Crippen LogP contribution in [-0.2, 0) is 16.6 Å². The van der Waals surface area contributed by atoms with Crippen LogP contribution in [0.5, 0.6) is 0 Å². The lowest BCUT2D eigenvalue weighted by Crippen LogP contribution is -2.13. The van der Waals surface area contributed by atoms with Crippen molar-refractivity contribution >= 4 is 27.0 Å². The third-order valence-corrected chi connectivity index (χ3v) is 5.43. The van der Waals surface area contributed by atoms with Crippen molar-refractivity contribution < 1.29 is 8.42 Å². The number of benzene rings is 1. The molecule has 0 bridgehead atoms. The van der Waals surface area contributed by atoms with Crippen LogP contribution in [0.3, 0.4) is 0 Å². The van der Waals surface area contributed by atoms with Crippen LogP contribution in [0.25, 0.3) is 0 Å². The SMILES string of the molecule is Cc1[nH]c(=O)sc1S(=O)(=O)Nc1cccc(CN)c1. The van der Waals surface area contributed by atoms with E-state index >= 15 is 0 Å². The Kier molecular flexibility index (Phi) is 3.74. The van der Waals surface area contributed by atoms with Gasteiger partial charge in [-0.3, -0.25) is 9.52 Å². The van der Waals surface area contributed by atoms with E-state index in [-0.39, 0.29) is 4.21 Å². The second-order valence-corrected chi connectivity index (χ2v) is 6.80. The minimum atomic E-state index is -3.75. The summed E-state index contributed by atoms with van der Waals surface area (Å²) in [5.41, 5.74) is 7.07. The molecule has 0 aliphatic carbocycles. The predicted octanol–water partition coefficient (Wildman–Crippen LogP) is 1.00. The van der Waals surface area contributed by atoms with E-state index in [9.17, 15) is 13.2 Å². The third-order valence-electron chi connectivity index (χ3n) is 2.44. The van der Waals surface area contributed by atoms with Crippen LogP contribution in [0.2, 0.25) is 0 Å². The monoisotopic (exact) mass is 299 g/mol. The molecule has 0 aliphatic rings. The van der Waals surface area contributed by atoms with Gasteiger partial charge in [-0.25, -0.2) is 8.42 Å². The van der Waals surface area contributed by atoms with Crippen LogP contribution in [-0.4, -0.2) is 13.4 Å². The largest absolute Gasteiger partial charge is 0.326 e.